The van der Waals surface area contributed by atoms with Gasteiger partial charge < -0.3 is 14.6 Å². The van der Waals surface area contributed by atoms with Crippen LogP contribution in [0.1, 0.15) is 37.9 Å². The molecule has 20 heavy (non-hydrogen) atoms. The Bertz CT molecular complexity index is 503. The Balaban J connectivity index is 1.55. The fourth-order valence-electron chi connectivity index (χ4n) is 4.02. The highest BCUT2D eigenvalue weighted by Gasteiger charge is 2.55. The van der Waals surface area contributed by atoms with E-state index in [4.69, 9.17) is 9.47 Å². The molecule has 0 bridgehead atoms. The number of hydrogen-bond acceptors (Lipinski definition) is 3. The van der Waals surface area contributed by atoms with Gasteiger partial charge in [-0.25, -0.2) is 0 Å². The summed E-state index contributed by atoms with van der Waals surface area (Å²) in [6, 6.07) is 5.92. The lowest BCUT2D eigenvalue weighted by molar-refractivity contribution is 0.136. The molecule has 0 amide bonds. The Labute approximate surface area is 119 Å². The summed E-state index contributed by atoms with van der Waals surface area (Å²) in [6.45, 7) is 3.50. The van der Waals surface area contributed by atoms with E-state index in [2.05, 4.69) is 6.92 Å². The second-order valence-corrected chi connectivity index (χ2v) is 6.71. The Kier molecular flexibility index (Phi) is 2.92. The molecule has 0 spiro atoms. The molecule has 1 N–H and O–H groups in total. The largest absolute Gasteiger partial charge is 0.489 e. The zero-order valence-electron chi connectivity index (χ0n) is 11.9. The van der Waals surface area contributed by atoms with E-state index in [1.807, 2.05) is 18.2 Å². The summed E-state index contributed by atoms with van der Waals surface area (Å²) in [6.07, 6.45) is 3.61. The van der Waals surface area contributed by atoms with Gasteiger partial charge in [0.25, 0.3) is 0 Å². The molecule has 4 atom stereocenters. The monoisotopic (exact) mass is 274 g/mol. The van der Waals surface area contributed by atoms with Crippen molar-refractivity contribution in [2.75, 3.05) is 13.2 Å². The third-order valence-electron chi connectivity index (χ3n) is 5.19. The number of fused-ring (bicyclic) bond motifs is 2. The van der Waals surface area contributed by atoms with Crippen molar-refractivity contribution >= 4 is 0 Å². The first-order valence-corrected chi connectivity index (χ1v) is 7.81. The van der Waals surface area contributed by atoms with Crippen molar-refractivity contribution in [3.8, 4) is 11.5 Å². The van der Waals surface area contributed by atoms with E-state index in [1.165, 1.54) is 19.3 Å². The van der Waals surface area contributed by atoms with Crippen molar-refractivity contribution in [1.82, 2.24) is 0 Å². The molecule has 1 aliphatic heterocycles. The minimum atomic E-state index is -0.333. The predicted octanol–water partition coefficient (Wildman–Crippen LogP) is 3.17. The molecule has 3 nitrogen and oxygen atoms in total. The Morgan fingerprint density at radius 3 is 2.55 bits per heavy atom. The first kappa shape index (κ1) is 12.5. The van der Waals surface area contributed by atoms with Gasteiger partial charge in [0.15, 0.2) is 11.5 Å². The van der Waals surface area contributed by atoms with Crippen molar-refractivity contribution in [3.63, 3.8) is 0 Å². The molecule has 108 valence electrons. The first-order valence-electron chi connectivity index (χ1n) is 7.81. The molecule has 0 radical (unpaired) electrons. The third kappa shape index (κ3) is 1.99. The minimum Gasteiger partial charge on any atom is -0.489 e. The van der Waals surface area contributed by atoms with Gasteiger partial charge in [-0.1, -0.05) is 19.4 Å². The molecular formula is C17H22O3. The molecule has 0 aromatic heterocycles. The molecule has 4 unspecified atom stereocenters. The SMILES string of the molecule is CC1COc2ccc(C(O)C3C4CCCC43)cc2OC1. The van der Waals surface area contributed by atoms with Crippen LogP contribution in [0.4, 0.5) is 0 Å². The van der Waals surface area contributed by atoms with Gasteiger partial charge >= 0.3 is 0 Å². The van der Waals surface area contributed by atoms with Crippen molar-refractivity contribution in [2.45, 2.75) is 32.3 Å². The lowest BCUT2D eigenvalue weighted by Crippen LogP contribution is -2.12. The van der Waals surface area contributed by atoms with Crippen molar-refractivity contribution in [1.29, 1.82) is 0 Å². The molecule has 3 heteroatoms. The lowest BCUT2D eigenvalue weighted by atomic mass is 9.99. The highest BCUT2D eigenvalue weighted by Crippen LogP contribution is 2.62. The molecular weight excluding hydrogens is 252 g/mol. The second-order valence-electron chi connectivity index (χ2n) is 6.71. The topological polar surface area (TPSA) is 38.7 Å². The van der Waals surface area contributed by atoms with Crippen LogP contribution in [0.5, 0.6) is 11.5 Å². The van der Waals surface area contributed by atoms with Gasteiger partial charge in [-0.3, -0.25) is 0 Å². The fraction of sp³-hybridized carbons (Fsp3) is 0.647. The van der Waals surface area contributed by atoms with Crippen LogP contribution in [0.3, 0.4) is 0 Å². The van der Waals surface area contributed by atoms with Crippen LogP contribution >= 0.6 is 0 Å². The van der Waals surface area contributed by atoms with Crippen LogP contribution < -0.4 is 9.47 Å². The summed E-state index contributed by atoms with van der Waals surface area (Å²) in [5.74, 6) is 4.01. The Morgan fingerprint density at radius 1 is 1.10 bits per heavy atom. The number of aliphatic hydroxyl groups excluding tert-OH is 1. The molecule has 1 heterocycles. The summed E-state index contributed by atoms with van der Waals surface area (Å²) >= 11 is 0. The van der Waals surface area contributed by atoms with Gasteiger partial charge in [-0.05, 0) is 48.3 Å². The van der Waals surface area contributed by atoms with Crippen LogP contribution in [-0.2, 0) is 0 Å². The predicted molar refractivity (Wildman–Crippen MR) is 75.9 cm³/mol. The van der Waals surface area contributed by atoms with E-state index in [-0.39, 0.29) is 6.10 Å². The average molecular weight is 274 g/mol. The van der Waals surface area contributed by atoms with Gasteiger partial charge in [0, 0.05) is 5.92 Å². The number of benzene rings is 1. The quantitative estimate of drug-likeness (QED) is 0.900. The van der Waals surface area contributed by atoms with Crippen LogP contribution in [0, 0.1) is 23.7 Å². The van der Waals surface area contributed by atoms with Gasteiger partial charge in [-0.15, -0.1) is 0 Å². The van der Waals surface area contributed by atoms with E-state index >= 15 is 0 Å². The Hall–Kier alpha value is -1.22. The summed E-state index contributed by atoms with van der Waals surface area (Å²) in [4.78, 5) is 0. The molecule has 2 saturated carbocycles. The maximum Gasteiger partial charge on any atom is 0.161 e. The average Bonchev–Trinajstić information content (AvgIpc) is 3.02. The van der Waals surface area contributed by atoms with Gasteiger partial charge in [-0.2, -0.15) is 0 Å². The molecule has 4 rings (SSSR count). The number of hydrogen-bond donors (Lipinski definition) is 1. The maximum absolute atomic E-state index is 10.6. The van der Waals surface area contributed by atoms with E-state index in [0.29, 0.717) is 25.0 Å². The maximum atomic E-state index is 10.6. The first-order chi connectivity index (χ1) is 9.74. The number of ether oxygens (including phenoxy) is 2. The van der Waals surface area contributed by atoms with Crippen LogP contribution in [0.25, 0.3) is 0 Å². The van der Waals surface area contributed by atoms with E-state index in [1.54, 1.807) is 0 Å². The molecule has 1 aromatic carbocycles. The standard InChI is InChI=1S/C17H22O3/c1-10-8-19-14-6-5-11(7-15(14)20-9-10)17(18)16-12-3-2-4-13(12)16/h5-7,10,12-13,16-18H,2-4,8-9H2,1H3. The molecule has 2 aliphatic carbocycles. The summed E-state index contributed by atoms with van der Waals surface area (Å²) in [5.41, 5.74) is 0.987. The van der Waals surface area contributed by atoms with Gasteiger partial charge in [0.1, 0.15) is 0 Å². The highest BCUT2D eigenvalue weighted by atomic mass is 16.5. The van der Waals surface area contributed by atoms with Crippen molar-refractivity contribution in [2.24, 2.45) is 23.7 Å². The van der Waals surface area contributed by atoms with Crippen molar-refractivity contribution in [3.05, 3.63) is 23.8 Å². The summed E-state index contributed by atoms with van der Waals surface area (Å²) in [5, 5.41) is 10.6. The van der Waals surface area contributed by atoms with Crippen LogP contribution in [-0.4, -0.2) is 18.3 Å². The lowest BCUT2D eigenvalue weighted by Gasteiger charge is -2.15. The number of aliphatic hydroxyl groups is 1. The molecule has 0 saturated heterocycles. The third-order valence-corrected chi connectivity index (χ3v) is 5.19. The highest BCUT2D eigenvalue weighted by molar-refractivity contribution is 5.44. The zero-order chi connectivity index (χ0) is 13.7. The van der Waals surface area contributed by atoms with E-state index in [0.717, 1.165) is 28.9 Å². The summed E-state index contributed by atoms with van der Waals surface area (Å²) in [7, 11) is 0. The molecule has 2 fully saturated rings. The van der Waals surface area contributed by atoms with Gasteiger partial charge in [0.05, 0.1) is 19.3 Å². The smallest absolute Gasteiger partial charge is 0.161 e. The minimum absolute atomic E-state index is 0.333. The van der Waals surface area contributed by atoms with E-state index < -0.39 is 0 Å². The fourth-order valence-corrected chi connectivity index (χ4v) is 4.02. The normalized spacial score (nSPS) is 36.1. The zero-order valence-corrected chi connectivity index (χ0v) is 11.9. The number of rotatable bonds is 2. The molecule has 1 aromatic rings. The molecule has 3 aliphatic rings. The van der Waals surface area contributed by atoms with Crippen molar-refractivity contribution < 1.29 is 14.6 Å². The van der Waals surface area contributed by atoms with Crippen LogP contribution in [0.15, 0.2) is 18.2 Å². The van der Waals surface area contributed by atoms with Gasteiger partial charge in [0.2, 0.25) is 0 Å². The van der Waals surface area contributed by atoms with E-state index in [9.17, 15) is 5.11 Å². The summed E-state index contributed by atoms with van der Waals surface area (Å²) < 4.78 is 11.5. The van der Waals surface area contributed by atoms with Crippen LogP contribution in [0.2, 0.25) is 0 Å². The second kappa shape index (κ2) is 4.66. The Morgan fingerprint density at radius 2 is 1.80 bits per heavy atom.